The first-order chi connectivity index (χ1) is 13.2. The minimum atomic E-state index is 0.00757. The SMILES string of the molecule is COc1ccc(NC(=O)CN2CCCC[C@H]2c2nc3ccccc3s2)cc1. The zero-order valence-corrected chi connectivity index (χ0v) is 16.2. The number of benzene rings is 2. The monoisotopic (exact) mass is 381 g/mol. The van der Waals surface area contributed by atoms with Crippen molar-refractivity contribution >= 4 is 33.1 Å². The third kappa shape index (κ3) is 4.12. The topological polar surface area (TPSA) is 54.5 Å². The molecule has 1 saturated heterocycles. The third-order valence-electron chi connectivity index (χ3n) is 4.93. The Hall–Kier alpha value is -2.44. The van der Waals surface area contributed by atoms with Crippen molar-refractivity contribution in [2.45, 2.75) is 25.3 Å². The molecular weight excluding hydrogens is 358 g/mol. The van der Waals surface area contributed by atoms with Crippen molar-refractivity contribution in [1.29, 1.82) is 0 Å². The largest absolute Gasteiger partial charge is 0.497 e. The Morgan fingerprint density at radius 2 is 2.04 bits per heavy atom. The van der Waals surface area contributed by atoms with Crippen LogP contribution in [0.2, 0.25) is 0 Å². The van der Waals surface area contributed by atoms with E-state index in [1.807, 2.05) is 36.4 Å². The van der Waals surface area contributed by atoms with Crippen LogP contribution in [0, 0.1) is 0 Å². The smallest absolute Gasteiger partial charge is 0.238 e. The number of para-hydroxylation sites is 1. The number of nitrogens with zero attached hydrogens (tertiary/aromatic N) is 2. The van der Waals surface area contributed by atoms with Gasteiger partial charge in [-0.25, -0.2) is 4.98 Å². The molecule has 4 rings (SSSR count). The molecule has 140 valence electrons. The van der Waals surface area contributed by atoms with Crippen molar-refractivity contribution in [1.82, 2.24) is 9.88 Å². The summed E-state index contributed by atoms with van der Waals surface area (Å²) in [6, 6.07) is 15.9. The molecular formula is C21H23N3O2S. The van der Waals surface area contributed by atoms with Gasteiger partial charge >= 0.3 is 0 Å². The Labute approximate surface area is 163 Å². The van der Waals surface area contributed by atoms with E-state index in [9.17, 15) is 4.79 Å². The summed E-state index contributed by atoms with van der Waals surface area (Å²) < 4.78 is 6.37. The van der Waals surface area contributed by atoms with Crippen molar-refractivity contribution in [2.24, 2.45) is 0 Å². The lowest BCUT2D eigenvalue weighted by Gasteiger charge is -2.33. The molecule has 1 fully saturated rings. The first kappa shape index (κ1) is 17.9. The number of likely N-dealkylation sites (tertiary alicyclic amines) is 1. The highest BCUT2D eigenvalue weighted by Gasteiger charge is 2.28. The fourth-order valence-electron chi connectivity index (χ4n) is 3.55. The second kappa shape index (κ2) is 8.06. The average Bonchev–Trinajstić information content (AvgIpc) is 3.13. The summed E-state index contributed by atoms with van der Waals surface area (Å²) in [5.41, 5.74) is 1.83. The Kier molecular flexibility index (Phi) is 5.36. The van der Waals surface area contributed by atoms with Gasteiger partial charge in [0.1, 0.15) is 10.8 Å². The number of ether oxygens (including phenoxy) is 1. The lowest BCUT2D eigenvalue weighted by atomic mass is 10.0. The highest BCUT2D eigenvalue weighted by molar-refractivity contribution is 7.18. The Morgan fingerprint density at radius 3 is 2.81 bits per heavy atom. The van der Waals surface area contributed by atoms with Crippen LogP contribution in [0.4, 0.5) is 5.69 Å². The molecule has 1 aromatic heterocycles. The van der Waals surface area contributed by atoms with Crippen molar-refractivity contribution in [2.75, 3.05) is 25.5 Å². The summed E-state index contributed by atoms with van der Waals surface area (Å²) in [6.45, 7) is 1.31. The zero-order valence-electron chi connectivity index (χ0n) is 15.4. The molecule has 6 heteroatoms. The minimum absolute atomic E-state index is 0.00757. The fourth-order valence-corrected chi connectivity index (χ4v) is 4.69. The molecule has 0 aliphatic carbocycles. The molecule has 1 N–H and O–H groups in total. The number of rotatable bonds is 5. The number of methoxy groups -OCH3 is 1. The molecule has 0 saturated carbocycles. The molecule has 5 nitrogen and oxygen atoms in total. The van der Waals surface area contributed by atoms with Gasteiger partial charge in [0.05, 0.1) is 29.9 Å². The first-order valence-electron chi connectivity index (χ1n) is 9.26. The maximum atomic E-state index is 12.6. The van der Waals surface area contributed by atoms with E-state index in [0.29, 0.717) is 6.54 Å². The van der Waals surface area contributed by atoms with Gasteiger partial charge in [-0.1, -0.05) is 18.6 Å². The molecule has 0 bridgehead atoms. The van der Waals surface area contributed by atoms with Crippen LogP contribution in [0.1, 0.15) is 30.3 Å². The number of thiazole rings is 1. The van der Waals surface area contributed by atoms with Crippen LogP contribution in [0.25, 0.3) is 10.2 Å². The molecule has 0 unspecified atom stereocenters. The van der Waals surface area contributed by atoms with E-state index in [4.69, 9.17) is 9.72 Å². The molecule has 2 heterocycles. The van der Waals surface area contributed by atoms with Gasteiger partial charge < -0.3 is 10.1 Å². The number of amides is 1. The second-order valence-electron chi connectivity index (χ2n) is 6.78. The van der Waals surface area contributed by atoms with Crippen LogP contribution in [0.5, 0.6) is 5.75 Å². The van der Waals surface area contributed by atoms with E-state index in [2.05, 4.69) is 22.3 Å². The standard InChI is InChI=1S/C21H23N3O2S/c1-26-16-11-9-15(10-12-16)22-20(25)14-24-13-5-4-7-18(24)21-23-17-6-2-3-8-19(17)27-21/h2-3,6,8-12,18H,4-5,7,13-14H2,1H3,(H,22,25)/t18-/m0/s1. The van der Waals surface area contributed by atoms with Crippen LogP contribution in [0.15, 0.2) is 48.5 Å². The lowest BCUT2D eigenvalue weighted by Crippen LogP contribution is -2.39. The van der Waals surface area contributed by atoms with Crippen LogP contribution >= 0.6 is 11.3 Å². The Bertz CT molecular complexity index is 890. The highest BCUT2D eigenvalue weighted by atomic mass is 32.1. The van der Waals surface area contributed by atoms with Gasteiger partial charge in [-0.2, -0.15) is 0 Å². The van der Waals surface area contributed by atoms with E-state index in [1.54, 1.807) is 18.4 Å². The number of carbonyl (C=O) groups excluding carboxylic acids is 1. The molecule has 1 amide bonds. The lowest BCUT2D eigenvalue weighted by molar-refractivity contribution is -0.118. The average molecular weight is 382 g/mol. The summed E-state index contributed by atoms with van der Waals surface area (Å²) in [5, 5.41) is 4.10. The molecule has 1 aliphatic rings. The molecule has 2 aromatic carbocycles. The van der Waals surface area contributed by atoms with Crippen LogP contribution < -0.4 is 10.1 Å². The number of anilines is 1. The van der Waals surface area contributed by atoms with Gasteiger partial charge in [0.25, 0.3) is 0 Å². The normalized spacial score (nSPS) is 17.7. The van der Waals surface area contributed by atoms with Gasteiger partial charge in [-0.05, 0) is 55.8 Å². The predicted molar refractivity (Wildman–Crippen MR) is 109 cm³/mol. The van der Waals surface area contributed by atoms with E-state index in [-0.39, 0.29) is 11.9 Å². The first-order valence-corrected chi connectivity index (χ1v) is 10.1. The summed E-state index contributed by atoms with van der Waals surface area (Å²) in [4.78, 5) is 19.7. The molecule has 1 aliphatic heterocycles. The molecule has 3 aromatic rings. The van der Waals surface area contributed by atoms with Gasteiger partial charge in [0.15, 0.2) is 0 Å². The van der Waals surface area contributed by atoms with Crippen molar-refractivity contribution < 1.29 is 9.53 Å². The van der Waals surface area contributed by atoms with E-state index in [0.717, 1.165) is 41.3 Å². The number of piperidine rings is 1. The molecule has 1 atom stereocenters. The van der Waals surface area contributed by atoms with Crippen LogP contribution in [-0.2, 0) is 4.79 Å². The quantitative estimate of drug-likeness (QED) is 0.708. The maximum absolute atomic E-state index is 12.6. The summed E-state index contributed by atoms with van der Waals surface area (Å²) in [7, 11) is 1.63. The second-order valence-corrected chi connectivity index (χ2v) is 7.84. The minimum Gasteiger partial charge on any atom is -0.497 e. The van der Waals surface area contributed by atoms with Crippen LogP contribution in [0.3, 0.4) is 0 Å². The van der Waals surface area contributed by atoms with Crippen LogP contribution in [-0.4, -0.2) is 36.0 Å². The third-order valence-corrected chi connectivity index (χ3v) is 6.07. The number of carbonyl (C=O) groups is 1. The number of aromatic nitrogens is 1. The van der Waals surface area contributed by atoms with E-state index in [1.165, 1.54) is 11.1 Å². The summed E-state index contributed by atoms with van der Waals surface area (Å²) in [5.74, 6) is 0.785. The Morgan fingerprint density at radius 1 is 1.22 bits per heavy atom. The fraction of sp³-hybridized carbons (Fsp3) is 0.333. The number of fused-ring (bicyclic) bond motifs is 1. The molecule has 0 radical (unpaired) electrons. The van der Waals surface area contributed by atoms with E-state index >= 15 is 0 Å². The van der Waals surface area contributed by atoms with Gasteiger partial charge in [0.2, 0.25) is 5.91 Å². The zero-order chi connectivity index (χ0) is 18.6. The van der Waals surface area contributed by atoms with Crippen molar-refractivity contribution in [3.8, 4) is 5.75 Å². The summed E-state index contributed by atoms with van der Waals surface area (Å²) >= 11 is 1.74. The Balaban J connectivity index is 1.46. The number of hydrogen-bond donors (Lipinski definition) is 1. The molecule has 27 heavy (non-hydrogen) atoms. The van der Waals surface area contributed by atoms with E-state index < -0.39 is 0 Å². The van der Waals surface area contributed by atoms with Gasteiger partial charge in [0, 0.05) is 5.69 Å². The number of hydrogen-bond acceptors (Lipinski definition) is 5. The maximum Gasteiger partial charge on any atom is 0.238 e. The van der Waals surface area contributed by atoms with Gasteiger partial charge in [-0.15, -0.1) is 11.3 Å². The highest BCUT2D eigenvalue weighted by Crippen LogP contribution is 2.35. The van der Waals surface area contributed by atoms with Crippen molar-refractivity contribution in [3.63, 3.8) is 0 Å². The predicted octanol–water partition coefficient (Wildman–Crippen LogP) is 4.47. The van der Waals surface area contributed by atoms with Gasteiger partial charge in [-0.3, -0.25) is 9.69 Å². The van der Waals surface area contributed by atoms with Crippen molar-refractivity contribution in [3.05, 3.63) is 53.5 Å². The summed E-state index contributed by atoms with van der Waals surface area (Å²) in [6.07, 6.45) is 3.35. The number of nitrogens with one attached hydrogen (secondary N) is 1. The molecule has 0 spiro atoms.